The first-order valence-electron chi connectivity index (χ1n) is 11.7. The van der Waals surface area contributed by atoms with Crippen molar-refractivity contribution in [3.63, 3.8) is 0 Å². The van der Waals surface area contributed by atoms with Gasteiger partial charge in [0.25, 0.3) is 0 Å². The van der Waals surface area contributed by atoms with Gasteiger partial charge in [0.05, 0.1) is 17.9 Å². The lowest BCUT2D eigenvalue weighted by molar-refractivity contribution is 0.0591. The van der Waals surface area contributed by atoms with Crippen molar-refractivity contribution in [2.24, 2.45) is 4.99 Å². The number of halogens is 1. The van der Waals surface area contributed by atoms with Gasteiger partial charge in [-0.25, -0.2) is 18.9 Å². The second kappa shape index (κ2) is 8.97. The van der Waals surface area contributed by atoms with Gasteiger partial charge in [-0.1, -0.05) is 33.6 Å². The van der Waals surface area contributed by atoms with Crippen LogP contribution in [0.3, 0.4) is 0 Å². The number of fused-ring (bicyclic) bond motifs is 1. The molecule has 2 amide bonds. The van der Waals surface area contributed by atoms with Crippen molar-refractivity contribution in [2.45, 2.75) is 57.9 Å². The van der Waals surface area contributed by atoms with Gasteiger partial charge in [0.2, 0.25) is 0 Å². The van der Waals surface area contributed by atoms with Crippen LogP contribution in [0.2, 0.25) is 0 Å². The molecule has 0 radical (unpaired) electrons. The Morgan fingerprint density at radius 2 is 2.00 bits per heavy atom. The van der Waals surface area contributed by atoms with Gasteiger partial charge >= 0.3 is 6.03 Å². The van der Waals surface area contributed by atoms with Gasteiger partial charge in [0.15, 0.2) is 11.6 Å². The van der Waals surface area contributed by atoms with Crippen LogP contribution in [0.1, 0.15) is 58.2 Å². The Bertz CT molecular complexity index is 1220. The molecule has 2 aromatic rings. The fourth-order valence-electron chi connectivity index (χ4n) is 4.23. The second-order valence-corrected chi connectivity index (χ2v) is 9.80. The van der Waals surface area contributed by atoms with E-state index in [1.807, 2.05) is 10.7 Å². The molecule has 35 heavy (non-hydrogen) atoms. The topological polar surface area (TPSA) is 108 Å². The first kappa shape index (κ1) is 22.8. The van der Waals surface area contributed by atoms with Crippen LogP contribution >= 0.6 is 0 Å². The number of benzene rings is 1. The van der Waals surface area contributed by atoms with Crippen LogP contribution in [0.4, 0.5) is 20.7 Å². The van der Waals surface area contributed by atoms with E-state index in [4.69, 9.17) is 9.94 Å². The maximum Gasteiger partial charge on any atom is 0.324 e. The van der Waals surface area contributed by atoms with E-state index < -0.39 is 11.8 Å². The van der Waals surface area contributed by atoms with Crippen LogP contribution in [0.25, 0.3) is 0 Å². The van der Waals surface area contributed by atoms with Crippen LogP contribution in [0, 0.1) is 5.82 Å². The summed E-state index contributed by atoms with van der Waals surface area (Å²) >= 11 is 0. The lowest BCUT2D eigenvalue weighted by Crippen LogP contribution is -2.30. The highest BCUT2D eigenvalue weighted by atomic mass is 19.1. The Morgan fingerprint density at radius 1 is 1.20 bits per heavy atom. The van der Waals surface area contributed by atoms with E-state index in [2.05, 4.69) is 47.2 Å². The monoisotopic (exact) mass is 480 g/mol. The second-order valence-electron chi connectivity index (χ2n) is 9.80. The molecule has 10 nitrogen and oxygen atoms in total. The molecule has 1 aromatic carbocycles. The molecule has 1 aliphatic carbocycles. The Kier molecular flexibility index (Phi) is 5.83. The Morgan fingerprint density at radius 3 is 2.74 bits per heavy atom. The highest BCUT2D eigenvalue weighted by Gasteiger charge is 2.26. The van der Waals surface area contributed by atoms with Crippen molar-refractivity contribution in [3.05, 3.63) is 59.6 Å². The average molecular weight is 481 g/mol. The van der Waals surface area contributed by atoms with Crippen molar-refractivity contribution in [2.75, 3.05) is 10.6 Å². The summed E-state index contributed by atoms with van der Waals surface area (Å²) in [7, 11) is 0. The highest BCUT2D eigenvalue weighted by Crippen LogP contribution is 2.34. The average Bonchev–Trinajstić information content (AvgIpc) is 3.55. The first-order valence-corrected chi connectivity index (χ1v) is 11.7. The van der Waals surface area contributed by atoms with E-state index in [0.29, 0.717) is 22.9 Å². The SMILES string of the molecule is CC(C)(C)c1cc(NC(=O)Nc2ccc(ON3C=NC=C4NNC=C43)c(F)c2)n(C2CCCC2)n1. The number of hydrogen-bond donors (Lipinski definition) is 4. The summed E-state index contributed by atoms with van der Waals surface area (Å²) < 4.78 is 16.7. The minimum absolute atomic E-state index is 0.00872. The van der Waals surface area contributed by atoms with Gasteiger partial charge in [-0.05, 0) is 25.0 Å². The first-order chi connectivity index (χ1) is 16.8. The third-order valence-electron chi connectivity index (χ3n) is 6.11. The molecular weight excluding hydrogens is 451 g/mol. The summed E-state index contributed by atoms with van der Waals surface area (Å²) in [6.07, 6.45) is 9.11. The standard InChI is InChI=1S/C24H29FN8O2/c1-24(2,3)21-11-22(33(31-21)16-6-4-5-7-16)29-23(34)28-15-8-9-20(17(25)10-15)35-32-14-26-12-18-19(32)13-27-30-18/h8-14,16,27,30H,4-7H2,1-3H3,(H2,28,29,34). The van der Waals surface area contributed by atoms with E-state index in [0.717, 1.165) is 31.4 Å². The molecule has 184 valence electrons. The Balaban J connectivity index is 1.27. The maximum absolute atomic E-state index is 14.8. The van der Waals surface area contributed by atoms with Crippen molar-refractivity contribution < 1.29 is 14.0 Å². The molecule has 3 heterocycles. The smallest absolute Gasteiger partial charge is 0.324 e. The third kappa shape index (κ3) is 4.79. The molecule has 0 spiro atoms. The summed E-state index contributed by atoms with van der Waals surface area (Å²) in [5, 5.41) is 11.7. The predicted molar refractivity (Wildman–Crippen MR) is 131 cm³/mol. The van der Waals surface area contributed by atoms with Gasteiger partial charge in [-0.2, -0.15) is 10.2 Å². The molecule has 1 saturated carbocycles. The lowest BCUT2D eigenvalue weighted by atomic mass is 9.92. The maximum atomic E-state index is 14.8. The molecule has 1 aromatic heterocycles. The molecular formula is C24H29FN8O2. The van der Waals surface area contributed by atoms with E-state index in [1.54, 1.807) is 18.5 Å². The molecule has 0 bridgehead atoms. The van der Waals surface area contributed by atoms with Crippen molar-refractivity contribution in [1.82, 2.24) is 25.7 Å². The van der Waals surface area contributed by atoms with Crippen LogP contribution < -0.4 is 26.3 Å². The zero-order chi connectivity index (χ0) is 24.6. The Hall–Kier alpha value is -4.02. The number of nitrogens with one attached hydrogen (secondary N) is 4. The number of hydrazine groups is 1. The Labute approximate surface area is 202 Å². The molecule has 0 atom stereocenters. The highest BCUT2D eigenvalue weighted by molar-refractivity contribution is 5.99. The van der Waals surface area contributed by atoms with E-state index in [-0.39, 0.29) is 17.2 Å². The van der Waals surface area contributed by atoms with Gasteiger partial charge in [-0.3, -0.25) is 10.7 Å². The third-order valence-corrected chi connectivity index (χ3v) is 6.11. The van der Waals surface area contributed by atoms with Crippen LogP contribution in [-0.2, 0) is 5.41 Å². The van der Waals surface area contributed by atoms with E-state index in [1.165, 1.54) is 23.5 Å². The quantitative estimate of drug-likeness (QED) is 0.502. The summed E-state index contributed by atoms with van der Waals surface area (Å²) in [5.41, 5.74) is 8.17. The zero-order valence-electron chi connectivity index (χ0n) is 19.9. The lowest BCUT2D eigenvalue weighted by Gasteiger charge is -2.23. The zero-order valence-corrected chi connectivity index (χ0v) is 19.9. The number of amides is 2. The van der Waals surface area contributed by atoms with Crippen molar-refractivity contribution in [1.29, 1.82) is 0 Å². The number of carbonyl (C=O) groups excluding carboxylic acids is 1. The molecule has 4 N–H and O–H groups in total. The molecule has 0 saturated heterocycles. The summed E-state index contributed by atoms with van der Waals surface area (Å²) in [6, 6.07) is 5.95. The number of anilines is 2. The van der Waals surface area contributed by atoms with Crippen LogP contribution in [0.5, 0.6) is 5.75 Å². The molecule has 2 aliphatic heterocycles. The van der Waals surface area contributed by atoms with Gasteiger partial charge in [0.1, 0.15) is 23.6 Å². The number of hydrogen-bond acceptors (Lipinski definition) is 7. The van der Waals surface area contributed by atoms with E-state index in [9.17, 15) is 9.18 Å². The van der Waals surface area contributed by atoms with Crippen LogP contribution in [-0.4, -0.2) is 27.2 Å². The number of carbonyl (C=O) groups is 1. The van der Waals surface area contributed by atoms with Crippen LogP contribution in [0.15, 0.2) is 53.1 Å². The van der Waals surface area contributed by atoms with Crippen molar-refractivity contribution >= 4 is 23.9 Å². The van der Waals surface area contributed by atoms with Gasteiger partial charge in [0, 0.05) is 29.4 Å². The fraction of sp³-hybridized carbons (Fsp3) is 0.375. The fourth-order valence-corrected chi connectivity index (χ4v) is 4.23. The van der Waals surface area contributed by atoms with Gasteiger partial charge in [-0.15, -0.1) is 0 Å². The summed E-state index contributed by atoms with van der Waals surface area (Å²) in [6.45, 7) is 6.27. The number of rotatable bonds is 5. The van der Waals surface area contributed by atoms with E-state index >= 15 is 0 Å². The number of aromatic nitrogens is 2. The number of urea groups is 1. The van der Waals surface area contributed by atoms with Crippen molar-refractivity contribution in [3.8, 4) is 5.75 Å². The minimum Gasteiger partial charge on any atom is -0.371 e. The minimum atomic E-state index is -0.627. The largest absolute Gasteiger partial charge is 0.371 e. The summed E-state index contributed by atoms with van der Waals surface area (Å²) in [5.74, 6) is 0.00322. The number of aliphatic imine (C=N–C) groups is 1. The molecule has 11 heteroatoms. The summed E-state index contributed by atoms with van der Waals surface area (Å²) in [4.78, 5) is 22.5. The molecule has 0 unspecified atom stereocenters. The predicted octanol–water partition coefficient (Wildman–Crippen LogP) is 4.51. The number of nitrogens with zero attached hydrogens (tertiary/aromatic N) is 4. The molecule has 3 aliphatic rings. The number of hydroxylamine groups is 2. The molecule has 1 fully saturated rings. The molecule has 5 rings (SSSR count). The normalized spacial score (nSPS) is 17.3. The van der Waals surface area contributed by atoms with Gasteiger partial charge < -0.3 is 15.6 Å².